The van der Waals surface area contributed by atoms with Crippen molar-refractivity contribution in [1.29, 1.82) is 0 Å². The second kappa shape index (κ2) is 9.40. The van der Waals surface area contributed by atoms with Gasteiger partial charge in [0.05, 0.1) is 10.8 Å². The normalized spacial score (nSPS) is 17.7. The van der Waals surface area contributed by atoms with E-state index < -0.39 is 0 Å². The van der Waals surface area contributed by atoms with Gasteiger partial charge < -0.3 is 5.32 Å². The molecule has 6 nitrogen and oxygen atoms in total. The molecular formula is C22H24FN5OS. The minimum absolute atomic E-state index is 0.0381. The minimum atomic E-state index is -0.364. The van der Waals surface area contributed by atoms with Crippen LogP contribution < -0.4 is 5.32 Å². The molecule has 1 aromatic heterocycles. The second-order valence-corrected chi connectivity index (χ2v) is 8.73. The van der Waals surface area contributed by atoms with E-state index in [1.807, 2.05) is 25.1 Å². The molecular weight excluding hydrogens is 401 g/mol. The van der Waals surface area contributed by atoms with E-state index in [0.717, 1.165) is 26.1 Å². The predicted molar refractivity (Wildman–Crippen MR) is 115 cm³/mol. The summed E-state index contributed by atoms with van der Waals surface area (Å²) in [7, 11) is 0. The maximum atomic E-state index is 13.9. The largest absolute Gasteiger partial charge is 0.351 e. The highest BCUT2D eigenvalue weighted by atomic mass is 32.2. The highest BCUT2D eigenvalue weighted by Crippen LogP contribution is 2.24. The summed E-state index contributed by atoms with van der Waals surface area (Å²) in [6.45, 7) is 4.54. The number of H-pyrrole nitrogens is 1. The van der Waals surface area contributed by atoms with Crippen LogP contribution in [0.25, 0.3) is 11.4 Å². The standard InChI is InChI=1S/C22H24FN5OS/c1-15(30-22-25-20(26-27-22)18-9-5-6-10-19(18)23)21(29)24-17-11-12-28(14-17)13-16-7-3-2-4-8-16/h2-10,15,17H,11-14H2,1H3,(H,24,29)(H,25,26,27). The number of nitrogens with zero attached hydrogens (tertiary/aromatic N) is 3. The Balaban J connectivity index is 1.28. The van der Waals surface area contributed by atoms with E-state index in [1.165, 1.54) is 23.4 Å². The topological polar surface area (TPSA) is 73.9 Å². The number of thioether (sulfide) groups is 1. The highest BCUT2D eigenvalue weighted by molar-refractivity contribution is 8.00. The smallest absolute Gasteiger partial charge is 0.233 e. The van der Waals surface area contributed by atoms with Crippen LogP contribution in [-0.2, 0) is 11.3 Å². The summed E-state index contributed by atoms with van der Waals surface area (Å²) in [4.78, 5) is 19.3. The third-order valence-corrected chi connectivity index (χ3v) is 6.07. The summed E-state index contributed by atoms with van der Waals surface area (Å²) >= 11 is 1.26. The van der Waals surface area contributed by atoms with Crippen LogP contribution in [-0.4, -0.2) is 50.4 Å². The van der Waals surface area contributed by atoms with Gasteiger partial charge in [0.2, 0.25) is 11.1 Å². The van der Waals surface area contributed by atoms with Crippen LogP contribution in [0.5, 0.6) is 0 Å². The molecule has 0 spiro atoms. The van der Waals surface area contributed by atoms with Gasteiger partial charge in [-0.25, -0.2) is 9.37 Å². The molecule has 30 heavy (non-hydrogen) atoms. The van der Waals surface area contributed by atoms with Crippen molar-refractivity contribution in [2.75, 3.05) is 13.1 Å². The molecule has 3 aromatic rings. The van der Waals surface area contributed by atoms with E-state index in [0.29, 0.717) is 16.5 Å². The lowest BCUT2D eigenvalue weighted by atomic mass is 10.2. The number of benzene rings is 2. The van der Waals surface area contributed by atoms with E-state index in [1.54, 1.807) is 18.2 Å². The van der Waals surface area contributed by atoms with E-state index in [9.17, 15) is 9.18 Å². The summed E-state index contributed by atoms with van der Waals surface area (Å²) in [5, 5.41) is 10.1. The molecule has 0 aliphatic carbocycles. The van der Waals surface area contributed by atoms with Gasteiger partial charge in [-0.15, -0.1) is 5.10 Å². The van der Waals surface area contributed by atoms with Gasteiger partial charge in [-0.3, -0.25) is 14.8 Å². The summed E-state index contributed by atoms with van der Waals surface area (Å²) in [5.74, 6) is -0.0448. The number of halogens is 1. The third-order valence-electron chi connectivity index (χ3n) is 5.11. The van der Waals surface area contributed by atoms with Gasteiger partial charge in [0.1, 0.15) is 5.82 Å². The van der Waals surface area contributed by atoms with Gasteiger partial charge in [0, 0.05) is 25.7 Å². The number of hydrogen-bond donors (Lipinski definition) is 2. The monoisotopic (exact) mass is 425 g/mol. The molecule has 0 saturated carbocycles. The van der Waals surface area contributed by atoms with E-state index in [-0.39, 0.29) is 23.0 Å². The van der Waals surface area contributed by atoms with Gasteiger partial charge >= 0.3 is 0 Å². The van der Waals surface area contributed by atoms with Crippen molar-refractivity contribution >= 4 is 17.7 Å². The Kier molecular flexibility index (Phi) is 6.44. The fourth-order valence-electron chi connectivity index (χ4n) is 3.54. The van der Waals surface area contributed by atoms with E-state index >= 15 is 0 Å². The first-order valence-corrected chi connectivity index (χ1v) is 10.9. The molecule has 2 heterocycles. The number of carbonyl (C=O) groups excluding carboxylic acids is 1. The molecule has 1 aliphatic heterocycles. The Hall–Kier alpha value is -2.71. The van der Waals surface area contributed by atoms with Crippen molar-refractivity contribution in [2.24, 2.45) is 0 Å². The molecule has 2 atom stereocenters. The molecule has 2 N–H and O–H groups in total. The van der Waals surface area contributed by atoms with E-state index in [2.05, 4.69) is 37.5 Å². The fraction of sp³-hybridized carbons (Fsp3) is 0.318. The lowest BCUT2D eigenvalue weighted by molar-refractivity contribution is -0.120. The zero-order chi connectivity index (χ0) is 20.9. The first-order chi connectivity index (χ1) is 14.6. The second-order valence-electron chi connectivity index (χ2n) is 7.42. The third kappa shape index (κ3) is 5.06. The van der Waals surface area contributed by atoms with Crippen molar-refractivity contribution < 1.29 is 9.18 Å². The van der Waals surface area contributed by atoms with Crippen LogP contribution >= 0.6 is 11.8 Å². The van der Waals surface area contributed by atoms with Crippen LogP contribution in [0, 0.1) is 5.82 Å². The highest BCUT2D eigenvalue weighted by Gasteiger charge is 2.26. The Labute approximate surface area is 179 Å². The molecule has 1 aliphatic rings. The van der Waals surface area contributed by atoms with Crippen molar-refractivity contribution in [3.8, 4) is 11.4 Å². The van der Waals surface area contributed by atoms with Gasteiger partial charge in [0.15, 0.2) is 5.82 Å². The van der Waals surface area contributed by atoms with Crippen LogP contribution in [0.4, 0.5) is 4.39 Å². The van der Waals surface area contributed by atoms with Crippen LogP contribution in [0.15, 0.2) is 59.8 Å². The molecule has 1 saturated heterocycles. The number of carbonyl (C=O) groups is 1. The predicted octanol–water partition coefficient (Wildman–Crippen LogP) is 3.48. The number of aromatic amines is 1. The molecule has 1 fully saturated rings. The van der Waals surface area contributed by atoms with Gasteiger partial charge in [-0.05, 0) is 31.0 Å². The summed E-state index contributed by atoms with van der Waals surface area (Å²) in [5.41, 5.74) is 1.64. The number of aromatic nitrogens is 3. The summed E-state index contributed by atoms with van der Waals surface area (Å²) < 4.78 is 13.9. The lowest BCUT2D eigenvalue weighted by Crippen LogP contribution is -2.40. The quantitative estimate of drug-likeness (QED) is 0.567. The average Bonchev–Trinajstić information content (AvgIpc) is 3.38. The van der Waals surface area contributed by atoms with Crippen molar-refractivity contribution in [1.82, 2.24) is 25.4 Å². The molecule has 156 valence electrons. The SMILES string of the molecule is CC(Sc1n[nH]c(-c2ccccc2F)n1)C(=O)NC1CCN(Cc2ccccc2)C1. The first-order valence-electron chi connectivity index (χ1n) is 9.99. The molecule has 4 rings (SSSR count). The molecule has 0 radical (unpaired) electrons. The maximum absolute atomic E-state index is 13.9. The molecule has 2 aromatic carbocycles. The molecule has 8 heteroatoms. The zero-order valence-electron chi connectivity index (χ0n) is 16.7. The number of hydrogen-bond acceptors (Lipinski definition) is 5. The number of amides is 1. The van der Waals surface area contributed by atoms with Crippen molar-refractivity contribution in [3.63, 3.8) is 0 Å². The van der Waals surface area contributed by atoms with E-state index in [4.69, 9.17) is 0 Å². The van der Waals surface area contributed by atoms with Gasteiger partial charge in [-0.1, -0.05) is 54.2 Å². The van der Waals surface area contributed by atoms with Crippen LogP contribution in [0.2, 0.25) is 0 Å². The van der Waals surface area contributed by atoms with Crippen LogP contribution in [0.1, 0.15) is 18.9 Å². The maximum Gasteiger partial charge on any atom is 0.233 e. The van der Waals surface area contributed by atoms with Crippen LogP contribution in [0.3, 0.4) is 0 Å². The number of likely N-dealkylation sites (tertiary alicyclic amines) is 1. The van der Waals surface area contributed by atoms with Crippen molar-refractivity contribution in [2.45, 2.75) is 36.3 Å². The Morgan fingerprint density at radius 1 is 1.27 bits per heavy atom. The average molecular weight is 426 g/mol. The number of rotatable bonds is 7. The fourth-order valence-corrected chi connectivity index (χ4v) is 4.27. The Morgan fingerprint density at radius 3 is 2.83 bits per heavy atom. The Bertz CT molecular complexity index is 996. The number of nitrogens with one attached hydrogen (secondary N) is 2. The zero-order valence-corrected chi connectivity index (χ0v) is 17.5. The molecule has 1 amide bonds. The molecule has 0 bridgehead atoms. The van der Waals surface area contributed by atoms with Gasteiger partial charge in [0.25, 0.3) is 0 Å². The minimum Gasteiger partial charge on any atom is -0.351 e. The van der Waals surface area contributed by atoms with Crippen molar-refractivity contribution in [3.05, 3.63) is 66.0 Å². The first kappa shape index (κ1) is 20.6. The van der Waals surface area contributed by atoms with Gasteiger partial charge in [-0.2, -0.15) is 0 Å². The Morgan fingerprint density at radius 2 is 2.03 bits per heavy atom. The molecule has 2 unspecified atom stereocenters. The lowest BCUT2D eigenvalue weighted by Gasteiger charge is -2.18. The summed E-state index contributed by atoms with van der Waals surface area (Å²) in [6, 6.07) is 16.9. The summed E-state index contributed by atoms with van der Waals surface area (Å²) in [6.07, 6.45) is 0.939.